The first-order valence-electron chi connectivity index (χ1n) is 6.06. The third-order valence-corrected chi connectivity index (χ3v) is 5.13. The number of hydrogen-bond donors (Lipinski definition) is 1. The number of rotatable bonds is 9. The zero-order chi connectivity index (χ0) is 15.2. The Hall–Kier alpha value is -0.670. The molecule has 0 radical (unpaired) electrons. The molecule has 7 nitrogen and oxygen atoms in total. The number of aromatic amines is 1. The average Bonchev–Trinajstić information content (AvgIpc) is 2.80. The highest BCUT2D eigenvalue weighted by atomic mass is 35.5. The molecule has 1 aromatic heterocycles. The predicted octanol–water partition coefficient (Wildman–Crippen LogP) is 0.740. The van der Waals surface area contributed by atoms with E-state index in [1.54, 1.807) is 6.92 Å². The number of halogens is 1. The quantitative estimate of drug-likeness (QED) is 0.677. The van der Waals surface area contributed by atoms with Crippen LogP contribution >= 0.6 is 11.6 Å². The van der Waals surface area contributed by atoms with Crippen LogP contribution in [-0.2, 0) is 25.4 Å². The van der Waals surface area contributed by atoms with Gasteiger partial charge < -0.3 is 9.47 Å². The molecule has 0 aliphatic heterocycles. The van der Waals surface area contributed by atoms with Gasteiger partial charge >= 0.3 is 0 Å². The maximum atomic E-state index is 12.7. The smallest absolute Gasteiger partial charge is 0.246 e. The van der Waals surface area contributed by atoms with E-state index in [1.165, 1.54) is 18.5 Å². The number of H-pyrrole nitrogens is 1. The molecule has 20 heavy (non-hydrogen) atoms. The summed E-state index contributed by atoms with van der Waals surface area (Å²) in [7, 11) is -0.636. The van der Waals surface area contributed by atoms with Crippen LogP contribution in [0.4, 0.5) is 0 Å². The molecule has 0 saturated carbocycles. The Morgan fingerprint density at radius 3 is 2.25 bits per heavy atom. The second-order valence-electron chi connectivity index (χ2n) is 4.15. The molecule has 0 spiro atoms. The molecule has 1 aromatic rings. The van der Waals surface area contributed by atoms with Crippen LogP contribution in [0.5, 0.6) is 0 Å². The van der Waals surface area contributed by atoms with Gasteiger partial charge in [0, 0.05) is 27.3 Å². The van der Waals surface area contributed by atoms with E-state index in [0.717, 1.165) is 0 Å². The summed E-state index contributed by atoms with van der Waals surface area (Å²) >= 11 is 5.75. The number of nitrogens with one attached hydrogen (secondary N) is 1. The summed E-state index contributed by atoms with van der Waals surface area (Å²) in [5, 5.41) is 6.58. The van der Waals surface area contributed by atoms with Crippen molar-refractivity contribution in [3.63, 3.8) is 0 Å². The molecule has 0 aromatic carbocycles. The highest BCUT2D eigenvalue weighted by molar-refractivity contribution is 7.89. The molecule has 9 heteroatoms. The van der Waals surface area contributed by atoms with Gasteiger partial charge in [-0.1, -0.05) is 0 Å². The maximum Gasteiger partial charge on any atom is 0.246 e. The first kappa shape index (κ1) is 17.4. The second-order valence-corrected chi connectivity index (χ2v) is 6.29. The van der Waals surface area contributed by atoms with E-state index in [-0.39, 0.29) is 23.9 Å². The number of alkyl halides is 1. The summed E-state index contributed by atoms with van der Waals surface area (Å²) < 4.78 is 36.6. The lowest BCUT2D eigenvalue weighted by molar-refractivity contribution is 0.150. The van der Waals surface area contributed by atoms with Crippen molar-refractivity contribution in [3.05, 3.63) is 11.4 Å². The lowest BCUT2D eigenvalue weighted by atomic mass is 10.4. The van der Waals surface area contributed by atoms with E-state index < -0.39 is 10.0 Å². The molecule has 1 rings (SSSR count). The van der Waals surface area contributed by atoms with E-state index in [4.69, 9.17) is 21.1 Å². The molecule has 0 fully saturated rings. The Labute approximate surface area is 124 Å². The standard InChI is InChI=1S/C11H20ClN3O4S/c1-9-11(10(8-12)14-13-9)20(16,17)15(4-6-18-2)5-7-19-3/h4-8H2,1-3H3,(H,13,14). The van der Waals surface area contributed by atoms with Gasteiger partial charge in [-0.25, -0.2) is 8.42 Å². The van der Waals surface area contributed by atoms with Crippen LogP contribution in [0.25, 0.3) is 0 Å². The number of hydrogen-bond acceptors (Lipinski definition) is 5. The fourth-order valence-corrected chi connectivity index (χ4v) is 3.78. The van der Waals surface area contributed by atoms with Gasteiger partial charge in [0.25, 0.3) is 0 Å². The molecule has 116 valence electrons. The molecular weight excluding hydrogens is 306 g/mol. The molecule has 0 aliphatic carbocycles. The first-order valence-corrected chi connectivity index (χ1v) is 8.04. The fourth-order valence-electron chi connectivity index (χ4n) is 1.77. The Bertz CT molecular complexity index is 510. The molecule has 0 bridgehead atoms. The molecule has 1 heterocycles. The average molecular weight is 326 g/mol. The van der Waals surface area contributed by atoms with E-state index >= 15 is 0 Å². The summed E-state index contributed by atoms with van der Waals surface area (Å²) in [6.45, 7) is 2.75. The lowest BCUT2D eigenvalue weighted by Gasteiger charge is -2.21. The molecule has 0 amide bonds. The van der Waals surface area contributed by atoms with Gasteiger partial charge in [0.05, 0.1) is 30.5 Å². The van der Waals surface area contributed by atoms with Gasteiger partial charge in [0.15, 0.2) is 0 Å². The fraction of sp³-hybridized carbons (Fsp3) is 0.727. The summed E-state index contributed by atoms with van der Waals surface area (Å²) in [5.74, 6) is 0.0291. The van der Waals surface area contributed by atoms with Gasteiger partial charge in [-0.3, -0.25) is 5.10 Å². The first-order chi connectivity index (χ1) is 9.48. The van der Waals surface area contributed by atoms with Crippen molar-refractivity contribution in [1.82, 2.24) is 14.5 Å². The molecule has 0 atom stereocenters. The Morgan fingerprint density at radius 1 is 1.25 bits per heavy atom. The molecule has 0 aliphatic rings. The minimum absolute atomic E-state index is 0.0291. The van der Waals surface area contributed by atoms with Crippen molar-refractivity contribution in [2.45, 2.75) is 17.7 Å². The van der Waals surface area contributed by atoms with Gasteiger partial charge in [-0.15, -0.1) is 11.6 Å². The van der Waals surface area contributed by atoms with E-state index in [1.807, 2.05) is 0 Å². The number of ether oxygens (including phenoxy) is 2. The second kappa shape index (κ2) is 7.94. The largest absolute Gasteiger partial charge is 0.383 e. The van der Waals surface area contributed by atoms with Crippen LogP contribution < -0.4 is 0 Å². The monoisotopic (exact) mass is 325 g/mol. The van der Waals surface area contributed by atoms with Gasteiger partial charge in [0.2, 0.25) is 10.0 Å². The van der Waals surface area contributed by atoms with E-state index in [2.05, 4.69) is 10.2 Å². The van der Waals surface area contributed by atoms with Crippen LogP contribution in [0.1, 0.15) is 11.4 Å². The third kappa shape index (κ3) is 3.92. The number of aryl methyl sites for hydroxylation is 1. The summed E-state index contributed by atoms with van der Waals surface area (Å²) in [5.41, 5.74) is 0.796. The van der Waals surface area contributed by atoms with Crippen LogP contribution in [0.2, 0.25) is 0 Å². The van der Waals surface area contributed by atoms with E-state index in [9.17, 15) is 8.42 Å². The predicted molar refractivity (Wildman–Crippen MR) is 75.4 cm³/mol. The Balaban J connectivity index is 3.10. The number of sulfonamides is 1. The number of methoxy groups -OCH3 is 2. The van der Waals surface area contributed by atoms with Crippen LogP contribution in [0.15, 0.2) is 4.90 Å². The normalized spacial score (nSPS) is 12.2. The van der Waals surface area contributed by atoms with Crippen LogP contribution in [0, 0.1) is 6.92 Å². The highest BCUT2D eigenvalue weighted by Crippen LogP contribution is 2.23. The lowest BCUT2D eigenvalue weighted by Crippen LogP contribution is -2.37. The van der Waals surface area contributed by atoms with Gasteiger partial charge in [-0.05, 0) is 6.92 Å². The molecule has 0 unspecified atom stereocenters. The molecule has 1 N–H and O–H groups in total. The van der Waals surface area contributed by atoms with Crippen LogP contribution in [-0.4, -0.2) is 63.4 Å². The van der Waals surface area contributed by atoms with Gasteiger partial charge in [0.1, 0.15) is 4.90 Å². The number of nitrogens with zero attached hydrogens (tertiary/aromatic N) is 2. The van der Waals surface area contributed by atoms with Crippen molar-refractivity contribution in [2.24, 2.45) is 0 Å². The van der Waals surface area contributed by atoms with Crippen molar-refractivity contribution < 1.29 is 17.9 Å². The van der Waals surface area contributed by atoms with Crippen molar-refractivity contribution in [2.75, 3.05) is 40.5 Å². The van der Waals surface area contributed by atoms with E-state index in [0.29, 0.717) is 24.6 Å². The highest BCUT2D eigenvalue weighted by Gasteiger charge is 2.30. The van der Waals surface area contributed by atoms with Crippen molar-refractivity contribution >= 4 is 21.6 Å². The zero-order valence-electron chi connectivity index (χ0n) is 11.8. The van der Waals surface area contributed by atoms with Crippen molar-refractivity contribution in [1.29, 1.82) is 0 Å². The minimum atomic E-state index is -3.68. The summed E-state index contributed by atoms with van der Waals surface area (Å²) in [6, 6.07) is 0. The topological polar surface area (TPSA) is 84.5 Å². The van der Waals surface area contributed by atoms with Crippen molar-refractivity contribution in [3.8, 4) is 0 Å². The van der Waals surface area contributed by atoms with Gasteiger partial charge in [-0.2, -0.15) is 9.40 Å². The number of aromatic nitrogens is 2. The zero-order valence-corrected chi connectivity index (χ0v) is 13.4. The minimum Gasteiger partial charge on any atom is -0.383 e. The molecular formula is C11H20ClN3O4S. The van der Waals surface area contributed by atoms with Crippen LogP contribution in [0.3, 0.4) is 0 Å². The SMILES string of the molecule is COCCN(CCOC)S(=O)(=O)c1c(CCl)n[nH]c1C. The summed E-state index contributed by atoms with van der Waals surface area (Å²) in [4.78, 5) is 0.139. The Kier molecular flexibility index (Phi) is 6.90. The Morgan fingerprint density at radius 2 is 1.80 bits per heavy atom. The maximum absolute atomic E-state index is 12.7. The summed E-state index contributed by atoms with van der Waals surface area (Å²) in [6.07, 6.45) is 0. The third-order valence-electron chi connectivity index (χ3n) is 2.78. The molecule has 0 saturated heterocycles.